The normalized spacial score (nSPS) is 12.7. The minimum atomic E-state index is -0.501. The fourth-order valence-corrected chi connectivity index (χ4v) is 3.27. The van der Waals surface area contributed by atoms with Gasteiger partial charge in [0.1, 0.15) is 11.4 Å². The molecule has 136 valence electrons. The van der Waals surface area contributed by atoms with Crippen LogP contribution in [0.3, 0.4) is 0 Å². The molecule has 0 aliphatic carbocycles. The molecule has 0 spiro atoms. The van der Waals surface area contributed by atoms with Gasteiger partial charge < -0.3 is 15.9 Å². The molecule has 2 aromatic carbocycles. The molecule has 27 heavy (non-hydrogen) atoms. The van der Waals surface area contributed by atoms with E-state index in [9.17, 15) is 15.0 Å². The fraction of sp³-hybridized carbons (Fsp3) is 0.150. The molecule has 0 radical (unpaired) electrons. The van der Waals surface area contributed by atoms with Crippen molar-refractivity contribution in [3.8, 4) is 17.0 Å². The fourth-order valence-electron chi connectivity index (χ4n) is 3.27. The van der Waals surface area contributed by atoms with Gasteiger partial charge in [-0.25, -0.2) is 0 Å². The van der Waals surface area contributed by atoms with Crippen LogP contribution in [0.15, 0.2) is 47.5 Å². The second-order valence-corrected chi connectivity index (χ2v) is 6.47. The molecule has 1 aliphatic heterocycles. The summed E-state index contributed by atoms with van der Waals surface area (Å²) < 4.78 is 1.60. The molecular formula is C20H18N4O3. The van der Waals surface area contributed by atoms with Crippen LogP contribution in [0, 0.1) is 0 Å². The Bertz CT molecular complexity index is 1080. The summed E-state index contributed by atoms with van der Waals surface area (Å²) in [4.78, 5) is 15.9. The number of fused-ring (bicyclic) bond motifs is 1. The van der Waals surface area contributed by atoms with E-state index in [0.29, 0.717) is 34.8 Å². The monoisotopic (exact) mass is 362 g/mol. The van der Waals surface area contributed by atoms with Gasteiger partial charge in [0.15, 0.2) is 5.75 Å². The van der Waals surface area contributed by atoms with Crippen molar-refractivity contribution < 1.29 is 15.0 Å². The SMILES string of the molecule is Cn1nc(-c2ccc(CO)cc2)c(O)c1C1=Nc2cc(C(N)=O)ccc2C1. The van der Waals surface area contributed by atoms with Crippen molar-refractivity contribution in [2.45, 2.75) is 13.0 Å². The lowest BCUT2D eigenvalue weighted by Crippen LogP contribution is -2.10. The molecule has 7 heteroatoms. The first-order valence-electron chi connectivity index (χ1n) is 8.44. The average Bonchev–Trinajstić information content (AvgIpc) is 3.21. The zero-order valence-electron chi connectivity index (χ0n) is 14.7. The lowest BCUT2D eigenvalue weighted by molar-refractivity contribution is 0.100. The summed E-state index contributed by atoms with van der Waals surface area (Å²) in [5.74, 6) is -0.450. The van der Waals surface area contributed by atoms with E-state index in [-0.39, 0.29) is 12.4 Å². The maximum absolute atomic E-state index is 11.4. The van der Waals surface area contributed by atoms with Crippen molar-refractivity contribution in [1.82, 2.24) is 9.78 Å². The van der Waals surface area contributed by atoms with Crippen LogP contribution in [0.25, 0.3) is 11.3 Å². The van der Waals surface area contributed by atoms with Gasteiger partial charge in [0.25, 0.3) is 0 Å². The van der Waals surface area contributed by atoms with Crippen molar-refractivity contribution in [3.63, 3.8) is 0 Å². The van der Waals surface area contributed by atoms with Crippen LogP contribution in [0.5, 0.6) is 5.75 Å². The quantitative estimate of drug-likeness (QED) is 0.659. The Morgan fingerprint density at radius 1 is 1.22 bits per heavy atom. The lowest BCUT2D eigenvalue weighted by atomic mass is 10.0. The number of aliphatic imine (C=N–C) groups is 1. The molecule has 0 unspecified atom stereocenters. The largest absolute Gasteiger partial charge is 0.504 e. The van der Waals surface area contributed by atoms with E-state index in [4.69, 9.17) is 5.73 Å². The maximum atomic E-state index is 11.4. The van der Waals surface area contributed by atoms with E-state index in [1.165, 1.54) is 0 Å². The number of primary amides is 1. The molecule has 0 fully saturated rings. The molecule has 1 aromatic heterocycles. The number of carbonyl (C=O) groups is 1. The number of hydrogen-bond donors (Lipinski definition) is 3. The Hall–Kier alpha value is -3.45. The van der Waals surface area contributed by atoms with Gasteiger partial charge >= 0.3 is 0 Å². The summed E-state index contributed by atoms with van der Waals surface area (Å²) in [5.41, 5.74) is 10.6. The molecule has 4 N–H and O–H groups in total. The maximum Gasteiger partial charge on any atom is 0.248 e. The number of aliphatic hydroxyl groups is 1. The molecule has 3 aromatic rings. The Kier molecular flexibility index (Phi) is 4.01. The summed E-state index contributed by atoms with van der Waals surface area (Å²) in [6.07, 6.45) is 0.532. The first-order chi connectivity index (χ1) is 13.0. The lowest BCUT2D eigenvalue weighted by Gasteiger charge is -2.02. The molecule has 2 heterocycles. The number of carbonyl (C=O) groups excluding carboxylic acids is 1. The highest BCUT2D eigenvalue weighted by Crippen LogP contribution is 2.36. The van der Waals surface area contributed by atoms with E-state index >= 15 is 0 Å². The number of amides is 1. The number of aliphatic hydroxyl groups excluding tert-OH is 1. The molecule has 4 rings (SSSR count). The molecular weight excluding hydrogens is 344 g/mol. The van der Waals surface area contributed by atoms with Gasteiger partial charge in [-0.3, -0.25) is 14.5 Å². The molecule has 0 saturated carbocycles. The predicted molar refractivity (Wildman–Crippen MR) is 101 cm³/mol. The molecule has 7 nitrogen and oxygen atoms in total. The highest BCUT2D eigenvalue weighted by atomic mass is 16.3. The smallest absolute Gasteiger partial charge is 0.248 e. The Morgan fingerprint density at radius 2 is 1.96 bits per heavy atom. The third kappa shape index (κ3) is 2.88. The summed E-state index contributed by atoms with van der Waals surface area (Å²) in [7, 11) is 1.75. The predicted octanol–water partition coefficient (Wildman–Crippen LogP) is 2.06. The van der Waals surface area contributed by atoms with Crippen molar-refractivity contribution in [1.29, 1.82) is 0 Å². The van der Waals surface area contributed by atoms with Gasteiger partial charge in [0.05, 0.1) is 18.0 Å². The topological polar surface area (TPSA) is 114 Å². The zero-order valence-corrected chi connectivity index (χ0v) is 14.7. The van der Waals surface area contributed by atoms with E-state index in [0.717, 1.165) is 16.7 Å². The summed E-state index contributed by atoms with van der Waals surface area (Å²) in [6, 6.07) is 12.4. The Labute approximate surface area is 155 Å². The number of hydrogen-bond acceptors (Lipinski definition) is 5. The van der Waals surface area contributed by atoms with Crippen LogP contribution in [0.2, 0.25) is 0 Å². The first-order valence-corrected chi connectivity index (χ1v) is 8.44. The third-order valence-corrected chi connectivity index (χ3v) is 4.69. The Balaban J connectivity index is 1.73. The minimum absolute atomic E-state index is 0.0396. The number of aromatic hydroxyl groups is 1. The highest BCUT2D eigenvalue weighted by Gasteiger charge is 2.25. The molecule has 0 atom stereocenters. The molecule has 1 amide bonds. The number of benzene rings is 2. The molecule has 0 bridgehead atoms. The van der Waals surface area contributed by atoms with Crippen molar-refractivity contribution >= 4 is 17.3 Å². The second kappa shape index (κ2) is 6.37. The highest BCUT2D eigenvalue weighted by molar-refractivity contribution is 6.08. The number of rotatable bonds is 4. The minimum Gasteiger partial charge on any atom is -0.504 e. The van der Waals surface area contributed by atoms with Crippen LogP contribution in [-0.2, 0) is 20.1 Å². The standard InChI is InChI=1S/C20H18N4O3/c1-24-18(16-8-13-6-7-14(20(21)27)9-15(13)22-16)19(26)17(23-24)12-4-2-11(10-25)3-5-12/h2-7,9,25-26H,8,10H2,1H3,(H2,21,27). The number of aromatic nitrogens is 2. The van der Waals surface area contributed by atoms with E-state index < -0.39 is 5.91 Å². The van der Waals surface area contributed by atoms with Crippen LogP contribution >= 0.6 is 0 Å². The zero-order chi connectivity index (χ0) is 19.1. The van der Waals surface area contributed by atoms with Gasteiger partial charge in [-0.05, 0) is 23.3 Å². The Morgan fingerprint density at radius 3 is 2.63 bits per heavy atom. The summed E-state index contributed by atoms with van der Waals surface area (Å²) in [6.45, 7) is -0.0396. The number of nitrogens with zero attached hydrogens (tertiary/aromatic N) is 3. The van der Waals surface area contributed by atoms with Gasteiger partial charge in [0.2, 0.25) is 5.91 Å². The van der Waals surface area contributed by atoms with Crippen LogP contribution in [-0.4, -0.2) is 31.6 Å². The molecule has 0 saturated heterocycles. The van der Waals surface area contributed by atoms with Crippen molar-refractivity contribution in [2.75, 3.05) is 0 Å². The second-order valence-electron chi connectivity index (χ2n) is 6.47. The van der Waals surface area contributed by atoms with Gasteiger partial charge in [-0.15, -0.1) is 0 Å². The third-order valence-electron chi connectivity index (χ3n) is 4.69. The van der Waals surface area contributed by atoms with E-state index in [1.54, 1.807) is 36.0 Å². The first kappa shape index (κ1) is 17.0. The van der Waals surface area contributed by atoms with E-state index in [1.807, 2.05) is 18.2 Å². The number of nitrogens with two attached hydrogens (primary N) is 1. The van der Waals surface area contributed by atoms with Gasteiger partial charge in [-0.1, -0.05) is 30.3 Å². The number of aryl methyl sites for hydroxylation is 1. The van der Waals surface area contributed by atoms with Crippen LogP contribution in [0.4, 0.5) is 5.69 Å². The average molecular weight is 362 g/mol. The van der Waals surface area contributed by atoms with E-state index in [2.05, 4.69) is 10.1 Å². The van der Waals surface area contributed by atoms with Gasteiger partial charge in [-0.2, -0.15) is 5.10 Å². The van der Waals surface area contributed by atoms with Crippen LogP contribution in [0.1, 0.15) is 27.2 Å². The summed E-state index contributed by atoms with van der Waals surface area (Å²) >= 11 is 0. The van der Waals surface area contributed by atoms with Crippen molar-refractivity contribution in [3.05, 3.63) is 64.8 Å². The van der Waals surface area contributed by atoms with Gasteiger partial charge in [0, 0.05) is 24.6 Å². The van der Waals surface area contributed by atoms with Crippen LogP contribution < -0.4 is 5.73 Å². The van der Waals surface area contributed by atoms with Crippen molar-refractivity contribution in [2.24, 2.45) is 17.8 Å². The molecule has 1 aliphatic rings. The summed E-state index contributed by atoms with van der Waals surface area (Å²) in [5, 5.41) is 24.4.